The lowest BCUT2D eigenvalue weighted by Gasteiger charge is -2.24. The van der Waals surface area contributed by atoms with Crippen molar-refractivity contribution < 1.29 is 9.18 Å². The monoisotopic (exact) mass is 343 g/mol. The minimum atomic E-state index is -0.900. The van der Waals surface area contributed by atoms with Gasteiger partial charge in [0.25, 0.3) is 0 Å². The summed E-state index contributed by atoms with van der Waals surface area (Å²) in [6, 6.07) is 1.36. The lowest BCUT2D eigenvalue weighted by atomic mass is 10.1. The highest BCUT2D eigenvalue weighted by molar-refractivity contribution is 5.91. The van der Waals surface area contributed by atoms with Crippen LogP contribution in [0.2, 0.25) is 0 Å². The van der Waals surface area contributed by atoms with Gasteiger partial charge in [0, 0.05) is 23.7 Å². The van der Waals surface area contributed by atoms with Crippen molar-refractivity contribution in [2.45, 2.75) is 26.3 Å². The third-order valence-corrected chi connectivity index (χ3v) is 3.64. The second-order valence-electron chi connectivity index (χ2n) is 5.99. The summed E-state index contributed by atoms with van der Waals surface area (Å²) in [4.78, 5) is 31.6. The van der Waals surface area contributed by atoms with E-state index in [9.17, 15) is 9.18 Å². The Morgan fingerprint density at radius 2 is 2.12 bits per heavy atom. The summed E-state index contributed by atoms with van der Waals surface area (Å²) < 4.78 is 13.5. The van der Waals surface area contributed by atoms with Gasteiger partial charge in [-0.15, -0.1) is 0 Å². The zero-order valence-corrected chi connectivity index (χ0v) is 14.1. The standard InChI is InChI=1S/C16H18FN7O/c1-4-18-14(25)16(2,3)24-15-22-8-21-13(23-15)11-7-20-12-10(11)5-9(17)6-19-12/h5-8H,4H2,1-3H3,(H,18,25)(H,19,20)(H,21,22,23,24). The molecule has 1 amide bonds. The summed E-state index contributed by atoms with van der Waals surface area (Å²) >= 11 is 0. The molecule has 3 aromatic heterocycles. The summed E-state index contributed by atoms with van der Waals surface area (Å²) in [6.45, 7) is 5.83. The topological polar surface area (TPSA) is 108 Å². The number of carbonyl (C=O) groups excluding carboxylic acids is 1. The first kappa shape index (κ1) is 16.7. The average molecular weight is 343 g/mol. The number of aromatic amines is 1. The van der Waals surface area contributed by atoms with Crippen LogP contribution in [0.15, 0.2) is 24.8 Å². The zero-order chi connectivity index (χ0) is 18.0. The largest absolute Gasteiger partial charge is 0.354 e. The number of H-pyrrole nitrogens is 1. The Hall–Kier alpha value is -3.10. The highest BCUT2D eigenvalue weighted by Gasteiger charge is 2.28. The molecule has 0 atom stereocenters. The van der Waals surface area contributed by atoms with Gasteiger partial charge in [-0.3, -0.25) is 4.79 Å². The predicted octanol–water partition coefficient (Wildman–Crippen LogP) is 1.88. The number of aromatic nitrogens is 5. The van der Waals surface area contributed by atoms with Gasteiger partial charge in [0.15, 0.2) is 5.82 Å². The maximum atomic E-state index is 13.5. The summed E-state index contributed by atoms with van der Waals surface area (Å²) in [5, 5.41) is 6.31. The van der Waals surface area contributed by atoms with E-state index in [4.69, 9.17) is 0 Å². The fraction of sp³-hybridized carbons (Fsp3) is 0.312. The van der Waals surface area contributed by atoms with E-state index in [1.54, 1.807) is 20.0 Å². The van der Waals surface area contributed by atoms with E-state index in [0.29, 0.717) is 29.0 Å². The fourth-order valence-electron chi connectivity index (χ4n) is 2.37. The number of amides is 1. The molecule has 0 aliphatic heterocycles. The van der Waals surface area contributed by atoms with Crippen molar-refractivity contribution in [2.75, 3.05) is 11.9 Å². The predicted molar refractivity (Wildman–Crippen MR) is 91.3 cm³/mol. The van der Waals surface area contributed by atoms with E-state index < -0.39 is 11.4 Å². The second-order valence-corrected chi connectivity index (χ2v) is 5.99. The van der Waals surface area contributed by atoms with Crippen LogP contribution in [0, 0.1) is 5.82 Å². The number of likely N-dealkylation sites (N-methyl/N-ethyl adjacent to an activating group) is 1. The Morgan fingerprint density at radius 1 is 1.32 bits per heavy atom. The van der Waals surface area contributed by atoms with Crippen molar-refractivity contribution in [3.05, 3.63) is 30.6 Å². The summed E-state index contributed by atoms with van der Waals surface area (Å²) in [6.07, 6.45) is 4.13. The van der Waals surface area contributed by atoms with Gasteiger partial charge >= 0.3 is 0 Å². The number of rotatable bonds is 5. The van der Waals surface area contributed by atoms with Gasteiger partial charge in [-0.05, 0) is 26.8 Å². The molecule has 8 nitrogen and oxygen atoms in total. The minimum absolute atomic E-state index is 0.171. The van der Waals surface area contributed by atoms with E-state index in [-0.39, 0.29) is 11.9 Å². The van der Waals surface area contributed by atoms with Crippen LogP contribution >= 0.6 is 0 Å². The number of halogens is 1. The van der Waals surface area contributed by atoms with Gasteiger partial charge in [-0.2, -0.15) is 4.98 Å². The molecule has 3 rings (SSSR count). The molecule has 9 heteroatoms. The fourth-order valence-corrected chi connectivity index (χ4v) is 2.37. The Labute approximate surface area is 143 Å². The zero-order valence-electron chi connectivity index (χ0n) is 14.1. The molecule has 3 N–H and O–H groups in total. The van der Waals surface area contributed by atoms with Crippen LogP contribution in [0.4, 0.5) is 10.3 Å². The smallest absolute Gasteiger partial charge is 0.245 e. The van der Waals surface area contributed by atoms with Crippen LogP contribution in [0.3, 0.4) is 0 Å². The molecule has 130 valence electrons. The summed E-state index contributed by atoms with van der Waals surface area (Å²) in [5.41, 5.74) is 0.236. The molecule has 0 bridgehead atoms. The van der Waals surface area contributed by atoms with Crippen LogP contribution in [0.1, 0.15) is 20.8 Å². The van der Waals surface area contributed by atoms with Gasteiger partial charge < -0.3 is 15.6 Å². The van der Waals surface area contributed by atoms with Gasteiger partial charge in [-0.1, -0.05) is 0 Å². The van der Waals surface area contributed by atoms with Crippen molar-refractivity contribution in [1.82, 2.24) is 30.2 Å². The van der Waals surface area contributed by atoms with Crippen molar-refractivity contribution in [3.63, 3.8) is 0 Å². The first-order chi connectivity index (χ1) is 11.9. The minimum Gasteiger partial charge on any atom is -0.354 e. The van der Waals surface area contributed by atoms with Gasteiger partial charge in [0.2, 0.25) is 11.9 Å². The average Bonchev–Trinajstić information content (AvgIpc) is 2.98. The number of fused-ring (bicyclic) bond motifs is 1. The molecule has 0 fully saturated rings. The molecular formula is C16H18FN7O. The Morgan fingerprint density at radius 3 is 2.88 bits per heavy atom. The van der Waals surface area contributed by atoms with Crippen LogP contribution in [-0.2, 0) is 4.79 Å². The Kier molecular flexibility index (Phi) is 4.30. The number of carbonyl (C=O) groups is 1. The molecule has 0 aliphatic carbocycles. The van der Waals surface area contributed by atoms with Crippen molar-refractivity contribution in [3.8, 4) is 11.4 Å². The van der Waals surface area contributed by atoms with Crippen LogP contribution in [0.5, 0.6) is 0 Å². The maximum absolute atomic E-state index is 13.5. The number of pyridine rings is 1. The van der Waals surface area contributed by atoms with Crippen LogP contribution in [-0.4, -0.2) is 42.9 Å². The SMILES string of the molecule is CCNC(=O)C(C)(C)Nc1ncnc(-c2c[nH]c3ncc(F)cc23)n1. The molecule has 0 unspecified atom stereocenters. The van der Waals surface area contributed by atoms with E-state index in [0.717, 1.165) is 6.20 Å². The van der Waals surface area contributed by atoms with Crippen LogP contribution in [0.25, 0.3) is 22.4 Å². The third kappa shape index (κ3) is 3.39. The van der Waals surface area contributed by atoms with E-state index >= 15 is 0 Å². The lowest BCUT2D eigenvalue weighted by Crippen LogP contribution is -2.48. The normalized spacial score (nSPS) is 11.5. The first-order valence-corrected chi connectivity index (χ1v) is 7.79. The highest BCUT2D eigenvalue weighted by atomic mass is 19.1. The summed E-state index contributed by atoms with van der Waals surface area (Å²) in [7, 11) is 0. The first-order valence-electron chi connectivity index (χ1n) is 7.79. The van der Waals surface area contributed by atoms with Gasteiger partial charge in [0.05, 0.1) is 6.20 Å². The molecule has 0 saturated heterocycles. The van der Waals surface area contributed by atoms with E-state index in [2.05, 4.69) is 35.6 Å². The van der Waals surface area contributed by atoms with Crippen molar-refractivity contribution in [1.29, 1.82) is 0 Å². The molecule has 0 aromatic carbocycles. The number of anilines is 1. The van der Waals surface area contributed by atoms with Crippen LogP contribution < -0.4 is 10.6 Å². The highest BCUT2D eigenvalue weighted by Crippen LogP contribution is 2.25. The molecule has 25 heavy (non-hydrogen) atoms. The number of nitrogens with one attached hydrogen (secondary N) is 3. The Bertz CT molecular complexity index is 922. The molecule has 3 aromatic rings. The van der Waals surface area contributed by atoms with Gasteiger partial charge in [0.1, 0.15) is 23.3 Å². The molecule has 0 saturated carbocycles. The molecular weight excluding hydrogens is 325 g/mol. The third-order valence-electron chi connectivity index (χ3n) is 3.64. The second kappa shape index (κ2) is 6.42. The van der Waals surface area contributed by atoms with E-state index in [1.807, 2.05) is 6.92 Å². The summed E-state index contributed by atoms with van der Waals surface area (Å²) in [5.74, 6) is -0.0173. The van der Waals surface area contributed by atoms with Gasteiger partial charge in [-0.25, -0.2) is 19.3 Å². The molecule has 0 spiro atoms. The quantitative estimate of drug-likeness (QED) is 0.653. The lowest BCUT2D eigenvalue weighted by molar-refractivity contribution is -0.124. The molecule has 3 heterocycles. The molecule has 0 radical (unpaired) electrons. The van der Waals surface area contributed by atoms with Crippen molar-refractivity contribution in [2.24, 2.45) is 0 Å². The maximum Gasteiger partial charge on any atom is 0.245 e. The van der Waals surface area contributed by atoms with Crippen molar-refractivity contribution >= 4 is 22.9 Å². The number of nitrogens with zero attached hydrogens (tertiary/aromatic N) is 4. The number of hydrogen-bond donors (Lipinski definition) is 3. The van der Waals surface area contributed by atoms with E-state index in [1.165, 1.54) is 12.4 Å². The molecule has 0 aliphatic rings. The Balaban J connectivity index is 1.93. The number of hydrogen-bond acceptors (Lipinski definition) is 6.